The van der Waals surface area contributed by atoms with E-state index >= 15 is 0 Å². The Labute approximate surface area is 107 Å². The first-order chi connectivity index (χ1) is 7.00. The molecule has 0 amide bonds. The number of nitrogens with zero attached hydrogens (tertiary/aromatic N) is 2. The van der Waals surface area contributed by atoms with Gasteiger partial charge in [0.2, 0.25) is 0 Å². The molecule has 0 aliphatic carbocycles. The summed E-state index contributed by atoms with van der Waals surface area (Å²) in [5.74, 6) is 0. The molecule has 0 radical (unpaired) electrons. The van der Waals surface area contributed by atoms with Crippen LogP contribution in [-0.2, 0) is 10.0 Å². The second-order valence-corrected chi connectivity index (χ2v) is 8.00. The van der Waals surface area contributed by atoms with E-state index in [1.807, 2.05) is 0 Å². The van der Waals surface area contributed by atoms with E-state index in [2.05, 4.69) is 37.0 Å². The second kappa shape index (κ2) is 4.00. The van der Waals surface area contributed by atoms with Crippen LogP contribution in [0, 0.1) is 0 Å². The molecule has 80 valence electrons. The van der Waals surface area contributed by atoms with E-state index in [4.69, 9.17) is 0 Å². The summed E-state index contributed by atoms with van der Waals surface area (Å²) in [5.41, 5.74) is 0. The molecule has 0 aliphatic heterocycles. The highest BCUT2D eigenvalue weighted by Crippen LogP contribution is 2.27. The highest BCUT2D eigenvalue weighted by Gasteiger charge is 2.19. The van der Waals surface area contributed by atoms with Crippen molar-refractivity contribution in [3.8, 4) is 0 Å². The minimum Gasteiger partial charge on any atom is -0.198 e. The first-order valence-electron chi connectivity index (χ1n) is 3.71. The fourth-order valence-electron chi connectivity index (χ4n) is 0.944. The number of hydrogen-bond donors (Lipinski definition) is 0. The number of thiophene rings is 1. The fraction of sp³-hybridized carbons (Fsp3) is 0. The normalized spacial score (nSPS) is 11.9. The molecule has 0 bridgehead atoms. The molecule has 2 rings (SSSR count). The molecule has 0 aliphatic rings. The molecule has 15 heavy (non-hydrogen) atoms. The first-order valence-corrected chi connectivity index (χ1v) is 7.55. The van der Waals surface area contributed by atoms with E-state index in [9.17, 15) is 8.42 Å². The minimum atomic E-state index is -3.53. The van der Waals surface area contributed by atoms with Crippen LogP contribution >= 0.6 is 43.2 Å². The summed E-state index contributed by atoms with van der Waals surface area (Å²) >= 11 is 7.52. The smallest absolute Gasteiger partial charge is 0.198 e. The molecule has 0 saturated heterocycles. The monoisotopic (exact) mass is 370 g/mol. The lowest BCUT2D eigenvalue weighted by molar-refractivity contribution is 0.582. The van der Waals surface area contributed by atoms with Crippen molar-refractivity contribution >= 4 is 53.2 Å². The van der Waals surface area contributed by atoms with Crippen LogP contribution in [0.3, 0.4) is 0 Å². The maximum Gasteiger partial charge on any atom is 0.292 e. The number of hydrogen-bond acceptors (Lipinski definition) is 4. The van der Waals surface area contributed by atoms with Gasteiger partial charge in [0.15, 0.2) is 0 Å². The van der Waals surface area contributed by atoms with Crippen molar-refractivity contribution in [2.75, 3.05) is 0 Å². The molecule has 2 aromatic heterocycles. The van der Waals surface area contributed by atoms with Gasteiger partial charge in [0, 0.05) is 0 Å². The van der Waals surface area contributed by atoms with Gasteiger partial charge in [-0.3, -0.25) is 0 Å². The number of halogens is 2. The molecule has 0 aromatic carbocycles. The largest absolute Gasteiger partial charge is 0.292 e. The van der Waals surface area contributed by atoms with Crippen molar-refractivity contribution in [1.29, 1.82) is 0 Å². The standard InChI is InChI=1S/C7H4Br2N2O2S2/c8-5-3-10-11(4-5)15(12,13)7-2-1-6(9)14-7/h1-4H. The zero-order valence-corrected chi connectivity index (χ0v) is 11.9. The Hall–Kier alpha value is -0.180. The third kappa shape index (κ3) is 2.17. The second-order valence-electron chi connectivity index (χ2n) is 2.59. The van der Waals surface area contributed by atoms with Crippen LogP contribution in [0.25, 0.3) is 0 Å². The Bertz CT molecular complexity index is 541. The third-order valence-corrected chi connectivity index (χ3v) is 5.62. The van der Waals surface area contributed by atoms with Gasteiger partial charge in [0.1, 0.15) is 4.21 Å². The Morgan fingerprint density at radius 2 is 2.07 bits per heavy atom. The lowest BCUT2D eigenvalue weighted by Crippen LogP contribution is -2.11. The van der Waals surface area contributed by atoms with E-state index in [0.717, 1.165) is 19.2 Å². The molecule has 0 spiro atoms. The topological polar surface area (TPSA) is 52.0 Å². The van der Waals surface area contributed by atoms with Crippen molar-refractivity contribution in [1.82, 2.24) is 9.19 Å². The van der Waals surface area contributed by atoms with E-state index in [1.165, 1.54) is 12.4 Å². The van der Waals surface area contributed by atoms with Gasteiger partial charge in [-0.05, 0) is 44.0 Å². The highest BCUT2D eigenvalue weighted by molar-refractivity contribution is 9.11. The Balaban J connectivity index is 2.53. The molecule has 2 heterocycles. The molecule has 4 nitrogen and oxygen atoms in total. The zero-order valence-electron chi connectivity index (χ0n) is 7.09. The van der Waals surface area contributed by atoms with Gasteiger partial charge in [-0.15, -0.1) is 11.3 Å². The zero-order chi connectivity index (χ0) is 11.1. The van der Waals surface area contributed by atoms with Crippen LogP contribution in [-0.4, -0.2) is 17.6 Å². The molecule has 0 fully saturated rings. The van der Waals surface area contributed by atoms with Crippen LogP contribution in [0.1, 0.15) is 0 Å². The number of rotatable bonds is 2. The Morgan fingerprint density at radius 1 is 1.33 bits per heavy atom. The lowest BCUT2D eigenvalue weighted by Gasteiger charge is -1.99. The summed E-state index contributed by atoms with van der Waals surface area (Å²) in [6, 6.07) is 3.23. The van der Waals surface area contributed by atoms with Crippen molar-refractivity contribution in [3.05, 3.63) is 32.8 Å². The summed E-state index contributed by atoms with van der Waals surface area (Å²) in [5, 5.41) is 3.75. The van der Waals surface area contributed by atoms with Crippen LogP contribution < -0.4 is 0 Å². The predicted octanol–water partition coefficient (Wildman–Crippen LogP) is 2.71. The van der Waals surface area contributed by atoms with Crippen molar-refractivity contribution < 1.29 is 8.42 Å². The SMILES string of the molecule is O=S(=O)(c1ccc(Br)s1)n1cc(Br)cn1. The fourth-order valence-corrected chi connectivity index (χ4v) is 4.57. The third-order valence-electron chi connectivity index (χ3n) is 1.58. The van der Waals surface area contributed by atoms with Crippen LogP contribution in [0.4, 0.5) is 0 Å². The lowest BCUT2D eigenvalue weighted by atomic mass is 10.7. The van der Waals surface area contributed by atoms with Gasteiger partial charge in [-0.2, -0.15) is 17.6 Å². The van der Waals surface area contributed by atoms with E-state index in [0.29, 0.717) is 4.47 Å². The average Bonchev–Trinajstić information content (AvgIpc) is 2.74. The van der Waals surface area contributed by atoms with Gasteiger partial charge in [-0.1, -0.05) is 0 Å². The first kappa shape index (κ1) is 11.3. The van der Waals surface area contributed by atoms with Crippen molar-refractivity contribution in [2.24, 2.45) is 0 Å². The summed E-state index contributed by atoms with van der Waals surface area (Å²) in [6.45, 7) is 0. The summed E-state index contributed by atoms with van der Waals surface area (Å²) in [4.78, 5) is 0. The molecule has 0 atom stereocenters. The molecular formula is C7H4Br2N2O2S2. The Kier molecular flexibility index (Phi) is 3.02. The number of aromatic nitrogens is 2. The minimum absolute atomic E-state index is 0.255. The Morgan fingerprint density at radius 3 is 2.53 bits per heavy atom. The quantitative estimate of drug-likeness (QED) is 0.815. The summed E-state index contributed by atoms with van der Waals surface area (Å²) < 4.78 is 26.5. The van der Waals surface area contributed by atoms with Gasteiger partial charge in [0.05, 0.1) is 20.7 Å². The van der Waals surface area contributed by atoms with Crippen LogP contribution in [0.5, 0.6) is 0 Å². The van der Waals surface area contributed by atoms with Crippen LogP contribution in [0.2, 0.25) is 0 Å². The van der Waals surface area contributed by atoms with E-state index in [1.54, 1.807) is 12.1 Å². The maximum atomic E-state index is 11.9. The predicted molar refractivity (Wildman–Crippen MR) is 64.5 cm³/mol. The maximum absolute atomic E-state index is 11.9. The van der Waals surface area contributed by atoms with Gasteiger partial charge in [0.25, 0.3) is 10.0 Å². The van der Waals surface area contributed by atoms with Crippen molar-refractivity contribution in [2.45, 2.75) is 4.21 Å². The summed E-state index contributed by atoms with van der Waals surface area (Å²) in [7, 11) is -3.53. The molecule has 0 unspecified atom stereocenters. The van der Waals surface area contributed by atoms with E-state index in [-0.39, 0.29) is 4.21 Å². The van der Waals surface area contributed by atoms with Gasteiger partial charge in [-0.25, -0.2) is 0 Å². The summed E-state index contributed by atoms with van der Waals surface area (Å²) in [6.07, 6.45) is 2.84. The molecule has 0 saturated carbocycles. The van der Waals surface area contributed by atoms with Crippen LogP contribution in [0.15, 0.2) is 37.0 Å². The van der Waals surface area contributed by atoms with Gasteiger partial charge >= 0.3 is 0 Å². The molecular weight excluding hydrogens is 368 g/mol. The molecule has 2 aromatic rings. The molecule has 8 heteroatoms. The van der Waals surface area contributed by atoms with E-state index < -0.39 is 10.0 Å². The molecule has 0 N–H and O–H groups in total. The van der Waals surface area contributed by atoms with Gasteiger partial charge < -0.3 is 0 Å². The van der Waals surface area contributed by atoms with Crippen molar-refractivity contribution in [3.63, 3.8) is 0 Å². The average molecular weight is 372 g/mol. The highest BCUT2D eigenvalue weighted by atomic mass is 79.9.